The van der Waals surface area contributed by atoms with Crippen molar-refractivity contribution < 1.29 is 14.0 Å². The molecular formula is C25H26N4O3S. The molecule has 2 fully saturated rings. The molecule has 0 N–H and O–H groups in total. The Hall–Kier alpha value is -3.13. The third-order valence-electron chi connectivity index (χ3n) is 6.31. The Labute approximate surface area is 197 Å². The molecule has 33 heavy (non-hydrogen) atoms. The number of benzene rings is 1. The number of aromatic nitrogens is 2. The average molecular weight is 463 g/mol. The Morgan fingerprint density at radius 2 is 1.79 bits per heavy atom. The molecule has 8 heteroatoms. The van der Waals surface area contributed by atoms with Gasteiger partial charge >= 0.3 is 0 Å². The van der Waals surface area contributed by atoms with Crippen LogP contribution in [0.25, 0.3) is 11.3 Å². The quantitative estimate of drug-likeness (QED) is 0.578. The van der Waals surface area contributed by atoms with Gasteiger partial charge in [0.05, 0.1) is 17.1 Å². The Balaban J connectivity index is 1.31. The number of aryl methyl sites for hydroxylation is 1. The van der Waals surface area contributed by atoms with Crippen molar-refractivity contribution in [1.82, 2.24) is 19.8 Å². The summed E-state index contributed by atoms with van der Waals surface area (Å²) in [5.74, 6) is 2.31. The van der Waals surface area contributed by atoms with E-state index in [4.69, 9.17) is 9.40 Å². The van der Waals surface area contributed by atoms with Crippen LogP contribution in [0, 0.1) is 6.92 Å². The van der Waals surface area contributed by atoms with E-state index in [0.29, 0.717) is 30.1 Å². The van der Waals surface area contributed by atoms with Crippen LogP contribution in [0.2, 0.25) is 0 Å². The van der Waals surface area contributed by atoms with Crippen LogP contribution < -0.4 is 0 Å². The van der Waals surface area contributed by atoms with E-state index >= 15 is 0 Å². The first-order valence-electron chi connectivity index (χ1n) is 11.2. The van der Waals surface area contributed by atoms with Crippen LogP contribution in [0.3, 0.4) is 0 Å². The number of amides is 2. The van der Waals surface area contributed by atoms with E-state index in [0.717, 1.165) is 48.0 Å². The van der Waals surface area contributed by atoms with Crippen molar-refractivity contribution in [2.45, 2.75) is 25.7 Å². The molecule has 3 aromatic rings. The van der Waals surface area contributed by atoms with Crippen LogP contribution in [0.15, 0.2) is 53.3 Å². The SMILES string of the molecule is Cc1ccc(C(=O)N2CCSC2)c(C2CCN(C(=O)c3ncoc3-c3ccccc3)CC2)n1. The molecule has 0 radical (unpaired) electrons. The summed E-state index contributed by atoms with van der Waals surface area (Å²) in [7, 11) is 0. The molecule has 0 bridgehead atoms. The molecule has 0 atom stereocenters. The van der Waals surface area contributed by atoms with Gasteiger partial charge in [0.25, 0.3) is 11.8 Å². The average Bonchev–Trinajstić information content (AvgIpc) is 3.56. The smallest absolute Gasteiger partial charge is 0.276 e. The van der Waals surface area contributed by atoms with E-state index in [2.05, 4.69) is 4.98 Å². The predicted octanol–water partition coefficient (Wildman–Crippen LogP) is 4.21. The lowest BCUT2D eigenvalue weighted by molar-refractivity contribution is 0.0703. The zero-order valence-electron chi connectivity index (χ0n) is 18.6. The molecule has 2 aliphatic heterocycles. The summed E-state index contributed by atoms with van der Waals surface area (Å²) in [6.07, 6.45) is 2.85. The van der Waals surface area contributed by atoms with Gasteiger partial charge in [0.1, 0.15) is 0 Å². The number of carbonyl (C=O) groups excluding carboxylic acids is 2. The molecule has 2 aliphatic rings. The number of carbonyl (C=O) groups is 2. The maximum absolute atomic E-state index is 13.2. The Bertz CT molecular complexity index is 1150. The molecule has 0 spiro atoms. The minimum Gasteiger partial charge on any atom is -0.443 e. The van der Waals surface area contributed by atoms with Crippen molar-refractivity contribution in [1.29, 1.82) is 0 Å². The van der Waals surface area contributed by atoms with Crippen LogP contribution in [0.5, 0.6) is 0 Å². The van der Waals surface area contributed by atoms with Crippen LogP contribution in [0.4, 0.5) is 0 Å². The van der Waals surface area contributed by atoms with E-state index < -0.39 is 0 Å². The van der Waals surface area contributed by atoms with Crippen molar-refractivity contribution in [3.63, 3.8) is 0 Å². The van der Waals surface area contributed by atoms with Crippen LogP contribution in [-0.4, -0.2) is 62.8 Å². The first-order valence-corrected chi connectivity index (χ1v) is 12.4. The van der Waals surface area contributed by atoms with Crippen molar-refractivity contribution >= 4 is 23.6 Å². The molecule has 0 saturated carbocycles. The summed E-state index contributed by atoms with van der Waals surface area (Å²) >= 11 is 1.78. The minimum absolute atomic E-state index is 0.0658. The van der Waals surface area contributed by atoms with Crippen molar-refractivity contribution in [3.8, 4) is 11.3 Å². The standard InChI is InChI=1S/C25H26N4O3S/c1-17-7-8-20(24(30)29-13-14-33-16-29)21(27-17)18-9-11-28(12-10-18)25(31)22-23(32-15-26-22)19-5-3-2-4-6-19/h2-8,15,18H,9-14,16H2,1H3. The van der Waals surface area contributed by atoms with E-state index in [1.165, 1.54) is 6.39 Å². The summed E-state index contributed by atoms with van der Waals surface area (Å²) in [5.41, 5.74) is 3.66. The number of pyridine rings is 1. The van der Waals surface area contributed by atoms with Gasteiger partial charge in [-0.1, -0.05) is 30.3 Å². The zero-order valence-corrected chi connectivity index (χ0v) is 19.4. The maximum Gasteiger partial charge on any atom is 0.276 e. The van der Waals surface area contributed by atoms with Crippen LogP contribution >= 0.6 is 11.8 Å². The Kier molecular flexibility index (Phi) is 6.17. The lowest BCUT2D eigenvalue weighted by Gasteiger charge is -2.32. The number of hydrogen-bond donors (Lipinski definition) is 0. The van der Waals surface area contributed by atoms with Gasteiger partial charge in [0.2, 0.25) is 0 Å². The molecule has 5 rings (SSSR count). The lowest BCUT2D eigenvalue weighted by Crippen LogP contribution is -2.39. The zero-order chi connectivity index (χ0) is 22.8. The maximum atomic E-state index is 13.2. The molecule has 7 nitrogen and oxygen atoms in total. The van der Waals surface area contributed by atoms with Gasteiger partial charge < -0.3 is 14.2 Å². The summed E-state index contributed by atoms with van der Waals surface area (Å²) in [5, 5.41) is 0. The number of likely N-dealkylation sites (tertiary alicyclic amines) is 1. The van der Waals surface area contributed by atoms with Gasteiger partial charge in [-0.3, -0.25) is 14.6 Å². The predicted molar refractivity (Wildman–Crippen MR) is 127 cm³/mol. The second-order valence-electron chi connectivity index (χ2n) is 8.45. The Morgan fingerprint density at radius 1 is 1.00 bits per heavy atom. The summed E-state index contributed by atoms with van der Waals surface area (Å²) in [6, 6.07) is 13.4. The summed E-state index contributed by atoms with van der Waals surface area (Å²) in [6.45, 7) is 3.92. The van der Waals surface area contributed by atoms with Gasteiger partial charge in [0, 0.05) is 42.6 Å². The van der Waals surface area contributed by atoms with Crippen molar-refractivity contribution in [3.05, 3.63) is 71.5 Å². The highest BCUT2D eigenvalue weighted by molar-refractivity contribution is 7.99. The van der Waals surface area contributed by atoms with E-state index in [-0.39, 0.29) is 17.7 Å². The molecule has 1 aromatic carbocycles. The first-order chi connectivity index (χ1) is 16.1. The molecule has 0 aliphatic carbocycles. The number of oxazole rings is 1. The van der Waals surface area contributed by atoms with Gasteiger partial charge in [-0.05, 0) is 31.9 Å². The third-order valence-corrected chi connectivity index (χ3v) is 7.27. The van der Waals surface area contributed by atoms with Crippen molar-refractivity contribution in [2.75, 3.05) is 31.3 Å². The largest absolute Gasteiger partial charge is 0.443 e. The summed E-state index contributed by atoms with van der Waals surface area (Å²) in [4.78, 5) is 39.1. The second kappa shape index (κ2) is 9.39. The minimum atomic E-state index is -0.122. The highest BCUT2D eigenvalue weighted by Gasteiger charge is 2.32. The van der Waals surface area contributed by atoms with Crippen LogP contribution in [0.1, 0.15) is 51.0 Å². The lowest BCUT2D eigenvalue weighted by atomic mass is 9.89. The topological polar surface area (TPSA) is 79.5 Å². The molecule has 4 heterocycles. The van der Waals surface area contributed by atoms with Gasteiger partial charge in [-0.2, -0.15) is 0 Å². The third kappa shape index (κ3) is 4.39. The second-order valence-corrected chi connectivity index (χ2v) is 9.53. The van der Waals surface area contributed by atoms with Crippen molar-refractivity contribution in [2.24, 2.45) is 0 Å². The van der Waals surface area contributed by atoms with Gasteiger partial charge in [-0.25, -0.2) is 4.98 Å². The number of nitrogens with zero attached hydrogens (tertiary/aromatic N) is 4. The van der Waals surface area contributed by atoms with Gasteiger partial charge in [-0.15, -0.1) is 11.8 Å². The first kappa shape index (κ1) is 21.7. The molecule has 2 aromatic heterocycles. The fourth-order valence-electron chi connectivity index (χ4n) is 4.51. The number of rotatable bonds is 4. The monoisotopic (exact) mass is 462 g/mol. The summed E-state index contributed by atoms with van der Waals surface area (Å²) < 4.78 is 5.54. The highest BCUT2D eigenvalue weighted by atomic mass is 32.2. The molecular weight excluding hydrogens is 436 g/mol. The molecule has 2 saturated heterocycles. The van der Waals surface area contributed by atoms with E-state index in [1.807, 2.05) is 59.2 Å². The number of piperidine rings is 1. The van der Waals surface area contributed by atoms with E-state index in [9.17, 15) is 9.59 Å². The molecule has 0 unspecified atom stereocenters. The normalized spacial score (nSPS) is 16.9. The van der Waals surface area contributed by atoms with E-state index in [1.54, 1.807) is 11.8 Å². The van der Waals surface area contributed by atoms with Crippen LogP contribution in [-0.2, 0) is 0 Å². The highest BCUT2D eigenvalue weighted by Crippen LogP contribution is 2.32. The molecule has 2 amide bonds. The fraction of sp³-hybridized carbons (Fsp3) is 0.360. The fourth-order valence-corrected chi connectivity index (χ4v) is 5.46. The Morgan fingerprint density at radius 3 is 2.52 bits per heavy atom. The van der Waals surface area contributed by atoms with Gasteiger partial charge in [0.15, 0.2) is 17.8 Å². The number of thioether (sulfide) groups is 1. The number of hydrogen-bond acceptors (Lipinski definition) is 6. The molecule has 170 valence electrons.